The van der Waals surface area contributed by atoms with E-state index in [1.54, 1.807) is 22.8 Å². The van der Waals surface area contributed by atoms with E-state index in [1.807, 2.05) is 43.3 Å². The molecular formula is C27H33ClN4O4. The summed E-state index contributed by atoms with van der Waals surface area (Å²) in [6.45, 7) is 6.80. The van der Waals surface area contributed by atoms with E-state index in [9.17, 15) is 14.4 Å². The van der Waals surface area contributed by atoms with Crippen molar-refractivity contribution in [2.75, 3.05) is 42.6 Å². The summed E-state index contributed by atoms with van der Waals surface area (Å²) in [4.78, 5) is 44.1. The normalized spacial score (nSPS) is 17.4. The number of anilines is 2. The van der Waals surface area contributed by atoms with Gasteiger partial charge in [0.15, 0.2) is 0 Å². The quantitative estimate of drug-likeness (QED) is 0.578. The SMILES string of the molecule is CCOC(=O)CCNC(=O)N1Cc2ccccc2N(C(=O)c2ccc(N3CCCC3)cc2Cl)C[C@H]1C. The number of halogens is 1. The van der Waals surface area contributed by atoms with Gasteiger partial charge >= 0.3 is 12.0 Å². The highest BCUT2D eigenvalue weighted by atomic mass is 35.5. The van der Waals surface area contributed by atoms with Gasteiger partial charge in [0.1, 0.15) is 0 Å². The Balaban J connectivity index is 1.53. The molecule has 0 bridgehead atoms. The van der Waals surface area contributed by atoms with Crippen LogP contribution < -0.4 is 15.1 Å². The average Bonchev–Trinajstić information content (AvgIpc) is 3.36. The first-order valence-corrected chi connectivity index (χ1v) is 12.9. The number of carbonyl (C=O) groups is 3. The molecule has 1 atom stereocenters. The molecule has 0 unspecified atom stereocenters. The zero-order valence-corrected chi connectivity index (χ0v) is 21.6. The van der Waals surface area contributed by atoms with Gasteiger partial charge in [0, 0.05) is 50.1 Å². The summed E-state index contributed by atoms with van der Waals surface area (Å²) >= 11 is 6.62. The van der Waals surface area contributed by atoms with Gasteiger partial charge in [0.2, 0.25) is 0 Å². The van der Waals surface area contributed by atoms with Crippen LogP contribution in [0.5, 0.6) is 0 Å². The Hall–Kier alpha value is -3.26. The van der Waals surface area contributed by atoms with E-state index in [1.165, 1.54) is 0 Å². The molecule has 192 valence electrons. The molecule has 2 aromatic carbocycles. The molecule has 1 N–H and O–H groups in total. The van der Waals surface area contributed by atoms with Gasteiger partial charge < -0.3 is 24.8 Å². The number of fused-ring (bicyclic) bond motifs is 1. The molecular weight excluding hydrogens is 480 g/mol. The predicted molar refractivity (Wildman–Crippen MR) is 141 cm³/mol. The first-order chi connectivity index (χ1) is 17.4. The first-order valence-electron chi connectivity index (χ1n) is 12.5. The zero-order chi connectivity index (χ0) is 25.7. The van der Waals surface area contributed by atoms with Gasteiger partial charge in [-0.2, -0.15) is 0 Å². The third-order valence-corrected chi connectivity index (χ3v) is 6.99. The maximum atomic E-state index is 13.8. The van der Waals surface area contributed by atoms with E-state index in [0.717, 1.165) is 42.9 Å². The minimum Gasteiger partial charge on any atom is -0.466 e. The summed E-state index contributed by atoms with van der Waals surface area (Å²) in [6.07, 6.45) is 2.43. The number of hydrogen-bond acceptors (Lipinski definition) is 5. The van der Waals surface area contributed by atoms with Crippen LogP contribution in [-0.4, -0.2) is 61.6 Å². The molecule has 3 amide bonds. The molecule has 2 aromatic rings. The molecule has 2 aliphatic heterocycles. The fourth-order valence-corrected chi connectivity index (χ4v) is 5.03. The van der Waals surface area contributed by atoms with Crippen LogP contribution in [0.15, 0.2) is 42.5 Å². The van der Waals surface area contributed by atoms with Gasteiger partial charge in [-0.15, -0.1) is 0 Å². The molecule has 8 nitrogen and oxygen atoms in total. The van der Waals surface area contributed by atoms with Gasteiger partial charge in [0.05, 0.1) is 23.6 Å². The van der Waals surface area contributed by atoms with E-state index in [2.05, 4.69) is 10.2 Å². The molecule has 1 fully saturated rings. The zero-order valence-electron chi connectivity index (χ0n) is 20.8. The molecule has 0 radical (unpaired) electrons. The van der Waals surface area contributed by atoms with E-state index >= 15 is 0 Å². The molecule has 9 heteroatoms. The lowest BCUT2D eigenvalue weighted by Crippen LogP contribution is -2.48. The minimum atomic E-state index is -0.350. The molecule has 36 heavy (non-hydrogen) atoms. The Morgan fingerprint density at radius 3 is 2.58 bits per heavy atom. The third kappa shape index (κ3) is 5.75. The number of carbonyl (C=O) groups excluding carboxylic acids is 3. The van der Waals surface area contributed by atoms with Crippen LogP contribution in [0.3, 0.4) is 0 Å². The molecule has 0 saturated carbocycles. The van der Waals surface area contributed by atoms with Crippen molar-refractivity contribution >= 4 is 40.9 Å². The van der Waals surface area contributed by atoms with Crippen molar-refractivity contribution in [2.45, 2.75) is 45.7 Å². The molecule has 1 saturated heterocycles. The lowest BCUT2D eigenvalue weighted by atomic mass is 10.1. The van der Waals surface area contributed by atoms with Crippen molar-refractivity contribution in [3.05, 3.63) is 58.6 Å². The molecule has 2 aliphatic rings. The Kier molecular flexibility index (Phi) is 8.36. The van der Waals surface area contributed by atoms with Crippen LogP contribution in [0.2, 0.25) is 5.02 Å². The van der Waals surface area contributed by atoms with E-state index in [4.69, 9.17) is 16.3 Å². The Morgan fingerprint density at radius 1 is 1.11 bits per heavy atom. The van der Waals surface area contributed by atoms with Crippen LogP contribution >= 0.6 is 11.6 Å². The second kappa shape index (κ2) is 11.6. The van der Waals surface area contributed by atoms with Crippen LogP contribution in [0.25, 0.3) is 0 Å². The standard InChI is InChI=1S/C27H33ClN4O4/c1-3-36-25(33)12-13-29-27(35)31-18-20-8-4-5-9-24(20)32(17-19(31)2)26(34)22-11-10-21(16-23(22)28)30-14-6-7-15-30/h4-5,8-11,16,19H,3,6-7,12-15,17-18H2,1-2H3,(H,29,35)/t19-/m1/s1. The fourth-order valence-electron chi connectivity index (χ4n) is 4.77. The molecule has 0 aliphatic carbocycles. The van der Waals surface area contributed by atoms with E-state index in [-0.39, 0.29) is 36.9 Å². The minimum absolute atomic E-state index is 0.106. The van der Waals surface area contributed by atoms with E-state index < -0.39 is 0 Å². The number of nitrogens with one attached hydrogen (secondary N) is 1. The predicted octanol–water partition coefficient (Wildman–Crippen LogP) is 4.45. The number of benzene rings is 2. The number of esters is 1. The lowest BCUT2D eigenvalue weighted by molar-refractivity contribution is -0.142. The second-order valence-corrected chi connectivity index (χ2v) is 9.57. The first kappa shape index (κ1) is 25.8. The summed E-state index contributed by atoms with van der Waals surface area (Å²) in [5, 5.41) is 3.23. The van der Waals surface area contributed by atoms with Gasteiger partial charge in [-0.05, 0) is 56.5 Å². The number of ether oxygens (including phenoxy) is 1. The highest BCUT2D eigenvalue weighted by Gasteiger charge is 2.32. The number of amides is 3. The highest BCUT2D eigenvalue weighted by Crippen LogP contribution is 2.32. The number of urea groups is 1. The number of nitrogens with zero attached hydrogens (tertiary/aromatic N) is 3. The molecule has 4 rings (SSSR count). The summed E-state index contributed by atoms with van der Waals surface area (Å²) in [6, 6.07) is 12.7. The van der Waals surface area contributed by atoms with Crippen molar-refractivity contribution in [1.29, 1.82) is 0 Å². The summed E-state index contributed by atoms with van der Waals surface area (Å²) < 4.78 is 4.92. The van der Waals surface area contributed by atoms with Gasteiger partial charge in [0.25, 0.3) is 5.91 Å². The van der Waals surface area contributed by atoms with Gasteiger partial charge in [-0.1, -0.05) is 29.8 Å². The second-order valence-electron chi connectivity index (χ2n) is 9.17. The highest BCUT2D eigenvalue weighted by molar-refractivity contribution is 6.34. The smallest absolute Gasteiger partial charge is 0.318 e. The van der Waals surface area contributed by atoms with Crippen molar-refractivity contribution in [3.8, 4) is 0 Å². The fraction of sp³-hybridized carbons (Fsp3) is 0.444. The molecule has 0 aromatic heterocycles. The monoisotopic (exact) mass is 512 g/mol. The molecule has 0 spiro atoms. The van der Waals surface area contributed by atoms with Crippen LogP contribution in [0.4, 0.5) is 16.2 Å². The largest absolute Gasteiger partial charge is 0.466 e. The Labute approximate surface area is 217 Å². The van der Waals surface area contributed by atoms with Crippen LogP contribution in [0.1, 0.15) is 49.0 Å². The Bertz CT molecular complexity index is 1120. The van der Waals surface area contributed by atoms with Gasteiger partial charge in [-0.25, -0.2) is 4.79 Å². The average molecular weight is 513 g/mol. The summed E-state index contributed by atoms with van der Waals surface area (Å²) in [5.41, 5.74) is 3.09. The number of hydrogen-bond donors (Lipinski definition) is 1. The maximum absolute atomic E-state index is 13.8. The topological polar surface area (TPSA) is 82.2 Å². The van der Waals surface area contributed by atoms with E-state index in [0.29, 0.717) is 30.3 Å². The van der Waals surface area contributed by atoms with Crippen LogP contribution in [-0.2, 0) is 16.1 Å². The van der Waals surface area contributed by atoms with Crippen molar-refractivity contribution in [2.24, 2.45) is 0 Å². The maximum Gasteiger partial charge on any atom is 0.318 e. The number of rotatable bonds is 6. The lowest BCUT2D eigenvalue weighted by Gasteiger charge is -2.29. The summed E-state index contributed by atoms with van der Waals surface area (Å²) in [7, 11) is 0. The van der Waals surface area contributed by atoms with Crippen molar-refractivity contribution in [3.63, 3.8) is 0 Å². The van der Waals surface area contributed by atoms with Crippen LogP contribution in [0, 0.1) is 0 Å². The van der Waals surface area contributed by atoms with Crippen molar-refractivity contribution < 1.29 is 19.1 Å². The number of para-hydroxylation sites is 1. The molecule has 2 heterocycles. The Morgan fingerprint density at radius 2 is 1.86 bits per heavy atom. The summed E-state index contributed by atoms with van der Waals surface area (Å²) in [5.74, 6) is -0.548. The van der Waals surface area contributed by atoms with Gasteiger partial charge in [-0.3, -0.25) is 9.59 Å². The van der Waals surface area contributed by atoms with Crippen molar-refractivity contribution in [1.82, 2.24) is 10.2 Å². The third-order valence-electron chi connectivity index (χ3n) is 6.67.